The molecule has 1 aromatic carbocycles. The summed E-state index contributed by atoms with van der Waals surface area (Å²) < 4.78 is 26.5. The Labute approximate surface area is 144 Å². The molecular weight excluding hydrogens is 330 g/mol. The van der Waals surface area contributed by atoms with Crippen LogP contribution in [0.4, 0.5) is 14.5 Å². The molecule has 25 heavy (non-hydrogen) atoms. The Balaban J connectivity index is 3.26. The fraction of sp³-hybridized carbons (Fsp3) is 0.294. The van der Waals surface area contributed by atoms with Gasteiger partial charge in [0.1, 0.15) is 11.9 Å². The fourth-order valence-corrected chi connectivity index (χ4v) is 2.07. The van der Waals surface area contributed by atoms with Crippen molar-refractivity contribution in [2.45, 2.75) is 26.1 Å². The lowest BCUT2D eigenvalue weighted by atomic mass is 10.0. The highest BCUT2D eigenvalue weighted by Gasteiger charge is 2.18. The number of anilines is 1. The molecule has 0 aliphatic heterocycles. The van der Waals surface area contributed by atoms with Crippen molar-refractivity contribution in [3.8, 4) is 0 Å². The van der Waals surface area contributed by atoms with Crippen LogP contribution in [0.15, 0.2) is 41.7 Å². The average molecular weight is 352 g/mol. The van der Waals surface area contributed by atoms with Crippen LogP contribution in [0.2, 0.25) is 0 Å². The Kier molecular flexibility index (Phi) is 7.90. The number of halogens is 2. The summed E-state index contributed by atoms with van der Waals surface area (Å²) in [7, 11) is 0. The van der Waals surface area contributed by atoms with E-state index in [0.717, 1.165) is 24.4 Å². The second kappa shape index (κ2) is 9.65. The molecule has 0 spiro atoms. The zero-order chi connectivity index (χ0) is 19.0. The van der Waals surface area contributed by atoms with E-state index in [0.29, 0.717) is 6.54 Å². The first-order valence-electron chi connectivity index (χ1n) is 7.62. The third-order valence-electron chi connectivity index (χ3n) is 3.27. The molecular formula is C17H22F2N4O2. The monoisotopic (exact) mass is 352 g/mol. The SMILES string of the molecule is CCN/C=C(\C=N)C(O)/C(=C/C(=N)F)Nc1ccc(F)cc1C(C)O. The van der Waals surface area contributed by atoms with Crippen LogP contribution in [0.1, 0.15) is 25.5 Å². The quantitative estimate of drug-likeness (QED) is 0.384. The number of allylic oxidation sites excluding steroid dienone is 1. The van der Waals surface area contributed by atoms with E-state index < -0.39 is 24.0 Å². The van der Waals surface area contributed by atoms with E-state index >= 15 is 0 Å². The highest BCUT2D eigenvalue weighted by Crippen LogP contribution is 2.26. The Morgan fingerprint density at radius 3 is 2.56 bits per heavy atom. The van der Waals surface area contributed by atoms with Gasteiger partial charge < -0.3 is 26.3 Å². The lowest BCUT2D eigenvalue weighted by Crippen LogP contribution is -2.23. The lowest BCUT2D eigenvalue weighted by molar-refractivity contribution is 0.199. The van der Waals surface area contributed by atoms with Crippen LogP contribution in [0.25, 0.3) is 0 Å². The second-order valence-corrected chi connectivity index (χ2v) is 5.23. The van der Waals surface area contributed by atoms with Gasteiger partial charge in [0.25, 0.3) is 0 Å². The second-order valence-electron chi connectivity index (χ2n) is 5.23. The summed E-state index contributed by atoms with van der Waals surface area (Å²) in [5.74, 6) is -1.87. The molecule has 0 aliphatic rings. The van der Waals surface area contributed by atoms with Gasteiger partial charge in [-0.1, -0.05) is 0 Å². The smallest absolute Gasteiger partial charge is 0.207 e. The molecule has 0 aromatic heterocycles. The van der Waals surface area contributed by atoms with Gasteiger partial charge in [-0.25, -0.2) is 4.39 Å². The highest BCUT2D eigenvalue weighted by atomic mass is 19.1. The third-order valence-corrected chi connectivity index (χ3v) is 3.27. The Hall–Kier alpha value is -2.58. The number of benzene rings is 1. The van der Waals surface area contributed by atoms with Gasteiger partial charge in [0, 0.05) is 41.9 Å². The van der Waals surface area contributed by atoms with Gasteiger partial charge in [-0.3, -0.25) is 5.41 Å². The van der Waals surface area contributed by atoms with E-state index in [1.807, 2.05) is 6.92 Å². The van der Waals surface area contributed by atoms with Crippen molar-refractivity contribution in [1.29, 1.82) is 10.8 Å². The maximum Gasteiger partial charge on any atom is 0.207 e. The highest BCUT2D eigenvalue weighted by molar-refractivity contribution is 5.86. The largest absolute Gasteiger partial charge is 0.391 e. The van der Waals surface area contributed by atoms with Crippen molar-refractivity contribution in [3.63, 3.8) is 0 Å². The van der Waals surface area contributed by atoms with Crippen LogP contribution in [-0.2, 0) is 0 Å². The van der Waals surface area contributed by atoms with Crippen molar-refractivity contribution in [2.24, 2.45) is 0 Å². The van der Waals surface area contributed by atoms with E-state index in [-0.39, 0.29) is 22.5 Å². The van der Waals surface area contributed by atoms with Crippen molar-refractivity contribution in [3.05, 3.63) is 53.1 Å². The minimum atomic E-state index is -1.43. The summed E-state index contributed by atoms with van der Waals surface area (Å²) in [6, 6.07) is 3.59. The molecule has 1 aromatic rings. The van der Waals surface area contributed by atoms with Crippen molar-refractivity contribution >= 4 is 17.9 Å². The zero-order valence-corrected chi connectivity index (χ0v) is 14.0. The van der Waals surface area contributed by atoms with Gasteiger partial charge in [0.05, 0.1) is 11.8 Å². The van der Waals surface area contributed by atoms with E-state index in [4.69, 9.17) is 10.8 Å². The van der Waals surface area contributed by atoms with E-state index in [1.54, 1.807) is 0 Å². The van der Waals surface area contributed by atoms with Crippen molar-refractivity contribution in [1.82, 2.24) is 5.32 Å². The molecule has 8 heteroatoms. The number of aliphatic hydroxyl groups excluding tert-OH is 2. The Morgan fingerprint density at radius 1 is 1.36 bits per heavy atom. The molecule has 2 atom stereocenters. The molecule has 0 saturated carbocycles. The molecule has 0 radical (unpaired) electrons. The average Bonchev–Trinajstić information content (AvgIpc) is 2.55. The van der Waals surface area contributed by atoms with Crippen molar-refractivity contribution < 1.29 is 19.0 Å². The van der Waals surface area contributed by atoms with E-state index in [9.17, 15) is 19.0 Å². The van der Waals surface area contributed by atoms with Gasteiger partial charge in [-0.15, -0.1) is 0 Å². The standard InChI is InChI=1S/C17H22F2N4O2/c1-3-22-9-11(8-20)17(25)15(7-16(19)21)23-14-5-4-12(18)6-13(14)10(2)24/h4-10,17,20-25H,3H2,1-2H3/b11-9+,15-7-,20-8?,21-16?. The molecule has 0 aliphatic carbocycles. The fourth-order valence-electron chi connectivity index (χ4n) is 2.07. The first-order valence-corrected chi connectivity index (χ1v) is 7.62. The van der Waals surface area contributed by atoms with Crippen LogP contribution in [0.5, 0.6) is 0 Å². The normalized spacial score (nSPS) is 14.6. The number of hydrogen-bond acceptors (Lipinski definition) is 6. The summed E-state index contributed by atoms with van der Waals surface area (Å²) in [6.45, 7) is 3.81. The molecule has 6 N–H and O–H groups in total. The molecule has 0 saturated heterocycles. The van der Waals surface area contributed by atoms with E-state index in [2.05, 4.69) is 10.6 Å². The summed E-state index contributed by atoms with van der Waals surface area (Å²) in [4.78, 5) is 0. The van der Waals surface area contributed by atoms with Crippen molar-refractivity contribution in [2.75, 3.05) is 11.9 Å². The first kappa shape index (κ1) is 20.5. The maximum absolute atomic E-state index is 13.4. The van der Waals surface area contributed by atoms with Crippen LogP contribution < -0.4 is 10.6 Å². The molecule has 0 heterocycles. The summed E-state index contributed by atoms with van der Waals surface area (Å²) in [5, 5.41) is 40.1. The zero-order valence-electron chi connectivity index (χ0n) is 14.0. The molecule has 6 nitrogen and oxygen atoms in total. The summed E-state index contributed by atoms with van der Waals surface area (Å²) in [5.41, 5.74) is 0.447. The maximum atomic E-state index is 13.4. The lowest BCUT2D eigenvalue weighted by Gasteiger charge is -2.20. The predicted molar refractivity (Wildman–Crippen MR) is 94.1 cm³/mol. The molecule has 0 bridgehead atoms. The summed E-state index contributed by atoms with van der Waals surface area (Å²) in [6.07, 6.45) is 0.601. The summed E-state index contributed by atoms with van der Waals surface area (Å²) >= 11 is 0. The molecule has 136 valence electrons. The van der Waals surface area contributed by atoms with Crippen LogP contribution in [-0.4, -0.2) is 35.0 Å². The van der Waals surface area contributed by atoms with Gasteiger partial charge in [-0.05, 0) is 32.0 Å². The van der Waals surface area contributed by atoms with Crippen LogP contribution in [0.3, 0.4) is 0 Å². The van der Waals surface area contributed by atoms with Gasteiger partial charge >= 0.3 is 0 Å². The minimum Gasteiger partial charge on any atom is -0.391 e. The molecule has 0 fully saturated rings. The number of aliphatic hydroxyl groups is 2. The molecule has 2 unspecified atom stereocenters. The topological polar surface area (TPSA) is 112 Å². The number of nitrogens with one attached hydrogen (secondary N) is 4. The van der Waals surface area contributed by atoms with Crippen LogP contribution >= 0.6 is 0 Å². The first-order chi connectivity index (χ1) is 11.8. The molecule has 1 rings (SSSR count). The van der Waals surface area contributed by atoms with E-state index in [1.165, 1.54) is 19.2 Å². The minimum absolute atomic E-state index is 0.127. The number of hydrogen-bond donors (Lipinski definition) is 6. The Bertz CT molecular complexity index is 687. The van der Waals surface area contributed by atoms with Gasteiger partial charge in [-0.2, -0.15) is 4.39 Å². The predicted octanol–water partition coefficient (Wildman–Crippen LogP) is 2.63. The third kappa shape index (κ3) is 6.09. The van der Waals surface area contributed by atoms with Crippen LogP contribution in [0, 0.1) is 16.6 Å². The number of rotatable bonds is 9. The van der Waals surface area contributed by atoms with Gasteiger partial charge in [0.2, 0.25) is 5.97 Å². The van der Waals surface area contributed by atoms with Gasteiger partial charge in [0.15, 0.2) is 0 Å². The Morgan fingerprint density at radius 2 is 2.04 bits per heavy atom. The molecule has 0 amide bonds.